The molecule has 0 unspecified atom stereocenters. The molecule has 25 nitrogen and oxygen atoms in total. The Morgan fingerprint density at radius 3 is 1.23 bits per heavy atom. The van der Waals surface area contributed by atoms with Gasteiger partial charge in [-0.15, -0.1) is 11.3 Å². The first kappa shape index (κ1) is 63.3. The van der Waals surface area contributed by atoms with Crippen molar-refractivity contribution < 1.29 is 32.3 Å². The van der Waals surface area contributed by atoms with Crippen LogP contribution in [-0.2, 0) is 11.2 Å². The topological polar surface area (TPSA) is 321 Å². The number of aromatic nitrogens is 12. The SMILES string of the molecule is COc1cccc(C(=O)N2CCN(c3nc(N)nc4[nH]c(-c5ccc(F)cc5)nc34)CC2)c1.Nc1nc(N2CCN(C(=O)Cc3cccs3)CC2)c2nc(-c3ccc(F)cc3)[nH]c2n1.Nc1nc(N2CCN(C(=O)c3ccc(Cl)cc3)CC2)c2nc(-c3ccc(F)cc3)[nH]c2n1. The summed E-state index contributed by atoms with van der Waals surface area (Å²) < 4.78 is 45.0. The summed E-state index contributed by atoms with van der Waals surface area (Å²) in [4.78, 5) is 100. The van der Waals surface area contributed by atoms with E-state index in [4.69, 9.17) is 33.5 Å². The summed E-state index contributed by atoms with van der Waals surface area (Å²) in [5, 5.41) is 2.57. The van der Waals surface area contributed by atoms with Crippen LogP contribution in [0.25, 0.3) is 67.7 Å². The number of thiophene rings is 1. The predicted octanol–water partition coefficient (Wildman–Crippen LogP) is 8.76. The van der Waals surface area contributed by atoms with Crippen molar-refractivity contribution in [3.8, 4) is 39.9 Å². The Bertz CT molecular complexity index is 4770. The lowest BCUT2D eigenvalue weighted by molar-refractivity contribution is -0.130. The number of fused-ring (bicyclic) bond motifs is 3. The van der Waals surface area contributed by atoms with Crippen LogP contribution in [0.2, 0.25) is 5.02 Å². The number of benzene rings is 5. The maximum absolute atomic E-state index is 13.3. The molecule has 7 aromatic heterocycles. The molecule has 0 spiro atoms. The van der Waals surface area contributed by atoms with Gasteiger partial charge in [0.2, 0.25) is 23.8 Å². The molecule has 15 rings (SSSR count). The number of nitrogen functional groups attached to an aromatic ring is 3. The van der Waals surface area contributed by atoms with Gasteiger partial charge >= 0.3 is 0 Å². The van der Waals surface area contributed by atoms with E-state index < -0.39 is 0 Å². The number of nitrogens with zero attached hydrogens (tertiary/aromatic N) is 15. The third-order valence-corrected chi connectivity index (χ3v) is 17.5. The van der Waals surface area contributed by atoms with Crippen molar-refractivity contribution in [3.63, 3.8) is 0 Å². The lowest BCUT2D eigenvalue weighted by Gasteiger charge is -2.35. The zero-order chi connectivity index (χ0) is 66.6. The van der Waals surface area contributed by atoms with E-state index in [1.807, 2.05) is 43.2 Å². The second kappa shape index (κ2) is 27.6. The first-order valence-corrected chi connectivity index (χ1v) is 31.7. The monoisotopic (exact) mass is 1340 g/mol. The van der Waals surface area contributed by atoms with E-state index in [9.17, 15) is 27.6 Å². The van der Waals surface area contributed by atoms with Gasteiger partial charge in [-0.05, 0) is 127 Å². The molecule has 9 N–H and O–H groups in total. The molecule has 10 heterocycles. The van der Waals surface area contributed by atoms with Gasteiger partial charge in [0.1, 0.15) is 40.7 Å². The van der Waals surface area contributed by atoms with E-state index in [2.05, 4.69) is 64.7 Å². The van der Waals surface area contributed by atoms with Gasteiger partial charge in [-0.2, -0.15) is 29.9 Å². The Morgan fingerprint density at radius 1 is 0.469 bits per heavy atom. The van der Waals surface area contributed by atoms with E-state index in [1.165, 1.54) is 36.4 Å². The minimum atomic E-state index is -0.319. The third kappa shape index (κ3) is 14.1. The maximum atomic E-state index is 13.3. The molecule has 12 aromatic rings. The second-order valence-corrected chi connectivity index (χ2v) is 24.0. The fraction of sp³-hybridized carbons (Fsp3) is 0.212. The lowest BCUT2D eigenvalue weighted by atomic mass is 10.1. The number of carbonyl (C=O) groups is 3. The number of methoxy groups -OCH3 is 1. The first-order valence-electron chi connectivity index (χ1n) is 30.5. The largest absolute Gasteiger partial charge is 0.497 e. The first-order chi connectivity index (χ1) is 46.6. The van der Waals surface area contributed by atoms with E-state index in [1.54, 1.807) is 102 Å². The molecule has 0 atom stereocenters. The lowest BCUT2D eigenvalue weighted by Crippen LogP contribution is -2.49. The minimum Gasteiger partial charge on any atom is -0.497 e. The van der Waals surface area contributed by atoms with Gasteiger partial charge in [0, 0.05) is 116 Å². The van der Waals surface area contributed by atoms with Gasteiger partial charge in [0.15, 0.2) is 50.9 Å². The summed E-state index contributed by atoms with van der Waals surface area (Å²) in [5.74, 6) is 3.68. The van der Waals surface area contributed by atoms with Crippen molar-refractivity contribution in [3.05, 3.63) is 177 Å². The number of nitrogens with two attached hydrogens (primary N) is 3. The van der Waals surface area contributed by atoms with Gasteiger partial charge in [0.25, 0.3) is 11.8 Å². The van der Waals surface area contributed by atoms with Crippen molar-refractivity contribution in [1.29, 1.82) is 0 Å². The zero-order valence-corrected chi connectivity index (χ0v) is 53.0. The molecule has 3 amide bonds. The van der Waals surface area contributed by atoms with Crippen LogP contribution < -0.4 is 36.6 Å². The smallest absolute Gasteiger partial charge is 0.254 e. The maximum Gasteiger partial charge on any atom is 0.254 e. The van der Waals surface area contributed by atoms with Gasteiger partial charge in [-0.25, -0.2) is 28.1 Å². The summed E-state index contributed by atoms with van der Waals surface area (Å²) in [6.45, 7) is 6.85. The van der Waals surface area contributed by atoms with Crippen LogP contribution in [0.15, 0.2) is 139 Å². The highest BCUT2D eigenvalue weighted by Gasteiger charge is 2.30. The van der Waals surface area contributed by atoms with E-state index in [0.29, 0.717) is 175 Å². The molecule has 3 aliphatic rings. The average Bonchev–Trinajstić information content (AvgIpc) is 1.61. The van der Waals surface area contributed by atoms with Crippen LogP contribution >= 0.6 is 22.9 Å². The number of ether oxygens (including phenoxy) is 1. The summed E-state index contributed by atoms with van der Waals surface area (Å²) >= 11 is 7.51. The Labute approximate surface area is 554 Å². The van der Waals surface area contributed by atoms with Gasteiger partial charge < -0.3 is 66.3 Å². The Kier molecular flexibility index (Phi) is 18.2. The standard InChI is InChI=1S/C23H22FN7O2.C22H19ClFN7O.C21H20FN7OS/c1-33-17-4-2-3-15(13-17)22(32)31-11-9-30(10-12-31)21-18-20(28-23(25)29-21)27-19(26-18)14-5-7-16(24)8-6-14;23-15-5-1-14(2-6-15)21(32)31-11-9-30(10-12-31)20-17-19(28-22(25)29-20)27-18(26-17)13-3-7-16(24)8-4-13;22-14-5-3-13(4-6-14)18-24-17-19(25-18)26-21(23)27-20(17)29-9-7-28(8-10-29)16(30)12-15-2-1-11-31-15/h2-8,13H,9-12H2,1H3,(H3,25,26,27,28,29);1-8H,9-12H2,(H3,25,26,27,28,29);1-6,11H,7-10,12H2,(H3,23,24,25,26,27). The number of imidazole rings is 3. The Balaban J connectivity index is 0.000000130. The normalized spacial score (nSPS) is 14.2. The number of H-pyrrole nitrogens is 3. The molecule has 0 radical (unpaired) electrons. The molecule has 3 saturated heterocycles. The molecule has 0 aliphatic carbocycles. The molecular weight excluding hydrogens is 1280 g/mol. The van der Waals surface area contributed by atoms with Crippen LogP contribution in [0.4, 0.5) is 48.5 Å². The van der Waals surface area contributed by atoms with Crippen molar-refractivity contribution in [1.82, 2.24) is 74.5 Å². The number of hydrogen-bond acceptors (Lipinski definition) is 20. The van der Waals surface area contributed by atoms with E-state index in [0.717, 1.165) is 21.6 Å². The Morgan fingerprint density at radius 2 is 0.854 bits per heavy atom. The number of anilines is 6. The molecule has 3 fully saturated rings. The molecule has 5 aromatic carbocycles. The third-order valence-electron chi connectivity index (χ3n) is 16.4. The molecule has 96 heavy (non-hydrogen) atoms. The summed E-state index contributed by atoms with van der Waals surface area (Å²) in [5.41, 5.74) is 24.5. The van der Waals surface area contributed by atoms with Crippen molar-refractivity contribution in [2.24, 2.45) is 0 Å². The number of piperazine rings is 3. The van der Waals surface area contributed by atoms with Crippen LogP contribution in [0.3, 0.4) is 0 Å². The van der Waals surface area contributed by atoms with Crippen LogP contribution in [0.5, 0.6) is 5.75 Å². The predicted molar refractivity (Wildman–Crippen MR) is 362 cm³/mol. The van der Waals surface area contributed by atoms with Crippen molar-refractivity contribution in [2.45, 2.75) is 6.42 Å². The molecule has 0 saturated carbocycles. The van der Waals surface area contributed by atoms with Gasteiger partial charge in [-0.3, -0.25) is 14.4 Å². The number of halogens is 4. The summed E-state index contributed by atoms with van der Waals surface area (Å²) in [6.07, 6.45) is 0.433. The minimum absolute atomic E-state index is 0.0352. The quantitative estimate of drug-likeness (QED) is 0.0704. The summed E-state index contributed by atoms with van der Waals surface area (Å²) in [7, 11) is 1.58. The number of carbonyl (C=O) groups excluding carboxylic acids is 3. The summed E-state index contributed by atoms with van der Waals surface area (Å²) in [6, 6.07) is 36.1. The van der Waals surface area contributed by atoms with E-state index in [-0.39, 0.29) is 53.0 Å². The molecule has 30 heteroatoms. The fourth-order valence-corrected chi connectivity index (χ4v) is 12.2. The number of rotatable bonds is 11. The number of hydrogen-bond donors (Lipinski definition) is 6. The number of amides is 3. The zero-order valence-electron chi connectivity index (χ0n) is 51.5. The Hall–Kier alpha value is -11.5. The molecular formula is C66H61ClF3N21O4S. The fourth-order valence-electron chi connectivity index (χ4n) is 11.4. The highest BCUT2D eigenvalue weighted by Crippen LogP contribution is 2.32. The molecule has 3 aliphatic heterocycles. The molecule has 488 valence electrons. The van der Waals surface area contributed by atoms with Crippen molar-refractivity contribution in [2.75, 3.05) is 118 Å². The highest BCUT2D eigenvalue weighted by molar-refractivity contribution is 7.10. The highest BCUT2D eigenvalue weighted by atomic mass is 35.5. The average molecular weight is 1340 g/mol. The van der Waals surface area contributed by atoms with Crippen LogP contribution in [0, 0.1) is 17.5 Å². The van der Waals surface area contributed by atoms with E-state index >= 15 is 0 Å². The number of nitrogens with one attached hydrogen (secondary N) is 3. The van der Waals surface area contributed by atoms with Gasteiger partial charge in [0.05, 0.1) is 13.5 Å². The van der Waals surface area contributed by atoms with Crippen molar-refractivity contribution >= 4 is 109 Å². The molecule has 0 bridgehead atoms. The number of aromatic amines is 3. The van der Waals surface area contributed by atoms with Crippen LogP contribution in [0.1, 0.15) is 25.6 Å². The van der Waals surface area contributed by atoms with Gasteiger partial charge in [-0.1, -0.05) is 23.7 Å². The second-order valence-electron chi connectivity index (χ2n) is 22.5. The van der Waals surface area contributed by atoms with Crippen LogP contribution in [-0.4, -0.2) is 178 Å².